The summed E-state index contributed by atoms with van der Waals surface area (Å²) in [7, 11) is 0. The number of carbonyl (C=O) groups is 1. The molecule has 1 rings (SSSR count). The van der Waals surface area contributed by atoms with Gasteiger partial charge in [-0.05, 0) is 40.4 Å². The van der Waals surface area contributed by atoms with E-state index >= 15 is 0 Å². The number of carbonyl (C=O) groups excluding carboxylic acids is 1. The highest BCUT2D eigenvalue weighted by Gasteiger charge is 2.08. The fourth-order valence-corrected chi connectivity index (χ4v) is 1.74. The molecule has 0 aliphatic rings. The van der Waals surface area contributed by atoms with Gasteiger partial charge in [-0.25, -0.2) is 0 Å². The highest BCUT2D eigenvalue weighted by Crippen LogP contribution is 2.23. The van der Waals surface area contributed by atoms with Crippen molar-refractivity contribution >= 4 is 45.2 Å². The minimum absolute atomic E-state index is 0.0877. The van der Waals surface area contributed by atoms with Crippen LogP contribution in [0, 0.1) is 0 Å². The molecule has 16 heavy (non-hydrogen) atoms. The largest absolute Gasteiger partial charge is 0.351 e. The number of amides is 1. The molecule has 0 saturated heterocycles. The molecule has 5 heteroatoms. The molecule has 0 heterocycles. The maximum absolute atomic E-state index is 11.7. The van der Waals surface area contributed by atoms with Gasteiger partial charge in [0.25, 0.3) is 5.91 Å². The quantitative estimate of drug-likeness (QED) is 0.918. The van der Waals surface area contributed by atoms with E-state index in [1.54, 1.807) is 30.0 Å². The van der Waals surface area contributed by atoms with Crippen molar-refractivity contribution in [3.63, 3.8) is 0 Å². The summed E-state index contributed by atoms with van der Waals surface area (Å²) in [4.78, 5) is 11.7. The van der Waals surface area contributed by atoms with Gasteiger partial charge in [-0.15, -0.1) is 0 Å². The monoisotopic (exact) mass is 321 g/mol. The maximum atomic E-state index is 11.7. The molecular weight excluding hydrogens is 310 g/mol. The molecule has 0 aliphatic carbocycles. The van der Waals surface area contributed by atoms with Gasteiger partial charge in [-0.2, -0.15) is 11.8 Å². The van der Waals surface area contributed by atoms with Crippen molar-refractivity contribution in [3.05, 3.63) is 33.3 Å². The van der Waals surface area contributed by atoms with Crippen molar-refractivity contribution < 1.29 is 4.79 Å². The molecule has 0 fully saturated rings. The first-order chi connectivity index (χ1) is 7.54. The summed E-state index contributed by atoms with van der Waals surface area (Å²) < 4.78 is 0.795. The van der Waals surface area contributed by atoms with Crippen molar-refractivity contribution in [1.82, 2.24) is 5.32 Å². The molecule has 1 atom stereocenters. The smallest absolute Gasteiger partial charge is 0.251 e. The van der Waals surface area contributed by atoms with Crippen molar-refractivity contribution in [2.24, 2.45) is 0 Å². The average molecular weight is 323 g/mol. The van der Waals surface area contributed by atoms with E-state index in [4.69, 9.17) is 11.6 Å². The molecule has 1 aromatic rings. The zero-order valence-electron chi connectivity index (χ0n) is 9.09. The minimum Gasteiger partial charge on any atom is -0.351 e. The van der Waals surface area contributed by atoms with Crippen LogP contribution in [-0.4, -0.2) is 24.0 Å². The van der Waals surface area contributed by atoms with Crippen molar-refractivity contribution in [2.75, 3.05) is 12.8 Å². The van der Waals surface area contributed by atoms with Gasteiger partial charge in [0, 0.05) is 21.8 Å². The van der Waals surface area contributed by atoms with Crippen LogP contribution in [0.15, 0.2) is 22.7 Å². The number of benzene rings is 1. The van der Waals surface area contributed by atoms with E-state index in [9.17, 15) is 4.79 Å². The Labute approximate surface area is 113 Å². The minimum atomic E-state index is -0.0877. The molecular formula is C11H13BrClNOS. The molecule has 0 bridgehead atoms. The summed E-state index contributed by atoms with van der Waals surface area (Å²) in [5.74, 6) is -0.0877. The summed E-state index contributed by atoms with van der Waals surface area (Å²) in [6.07, 6.45) is 2.02. The van der Waals surface area contributed by atoms with Crippen LogP contribution in [0.3, 0.4) is 0 Å². The summed E-state index contributed by atoms with van der Waals surface area (Å²) in [5.41, 5.74) is 0.585. The molecule has 1 aromatic carbocycles. The predicted octanol–water partition coefficient (Wildman–Crippen LogP) is 3.58. The van der Waals surface area contributed by atoms with E-state index in [-0.39, 0.29) is 5.91 Å². The summed E-state index contributed by atoms with van der Waals surface area (Å²) >= 11 is 10.9. The lowest BCUT2D eigenvalue weighted by molar-refractivity contribution is 0.0954. The average Bonchev–Trinajstić information content (AvgIpc) is 2.29. The van der Waals surface area contributed by atoms with Crippen molar-refractivity contribution in [3.8, 4) is 0 Å². The van der Waals surface area contributed by atoms with E-state index in [0.29, 0.717) is 22.4 Å². The van der Waals surface area contributed by atoms with Gasteiger partial charge < -0.3 is 5.32 Å². The summed E-state index contributed by atoms with van der Waals surface area (Å²) in [6, 6.07) is 5.18. The van der Waals surface area contributed by atoms with Gasteiger partial charge in [0.2, 0.25) is 0 Å². The lowest BCUT2D eigenvalue weighted by atomic mass is 10.2. The van der Waals surface area contributed by atoms with Crippen LogP contribution in [0.1, 0.15) is 17.3 Å². The zero-order chi connectivity index (χ0) is 12.1. The number of thioether (sulfide) groups is 1. The number of halogens is 2. The first kappa shape index (κ1) is 13.9. The van der Waals surface area contributed by atoms with Crippen LogP contribution in [-0.2, 0) is 0 Å². The number of hydrogen-bond donors (Lipinski definition) is 1. The second-order valence-electron chi connectivity index (χ2n) is 3.39. The standard InChI is InChI=1S/C11H13BrClNOS/c1-7(16-2)6-14-11(15)8-3-4-9(12)10(13)5-8/h3-5,7H,6H2,1-2H3,(H,14,15). The Hall–Kier alpha value is -0.190. The van der Waals surface area contributed by atoms with Gasteiger partial charge >= 0.3 is 0 Å². The van der Waals surface area contributed by atoms with E-state index in [0.717, 1.165) is 4.47 Å². The molecule has 0 spiro atoms. The second-order valence-corrected chi connectivity index (χ2v) is 5.92. The first-order valence-corrected chi connectivity index (χ1v) is 7.26. The highest BCUT2D eigenvalue weighted by molar-refractivity contribution is 9.10. The third-order valence-electron chi connectivity index (χ3n) is 2.13. The fourth-order valence-electron chi connectivity index (χ4n) is 1.06. The molecule has 0 aromatic heterocycles. The molecule has 0 saturated carbocycles. The van der Waals surface area contributed by atoms with Crippen LogP contribution in [0.4, 0.5) is 0 Å². The Balaban J connectivity index is 2.63. The second kappa shape index (κ2) is 6.52. The van der Waals surface area contributed by atoms with Gasteiger partial charge in [-0.3, -0.25) is 4.79 Å². The Morgan fingerprint density at radius 3 is 2.88 bits per heavy atom. The highest BCUT2D eigenvalue weighted by atomic mass is 79.9. The third-order valence-corrected chi connectivity index (χ3v) is 4.34. The fraction of sp³-hybridized carbons (Fsp3) is 0.364. The van der Waals surface area contributed by atoms with Gasteiger partial charge in [-0.1, -0.05) is 18.5 Å². The molecule has 1 unspecified atom stereocenters. The zero-order valence-corrected chi connectivity index (χ0v) is 12.2. The summed E-state index contributed by atoms with van der Waals surface area (Å²) in [5, 5.41) is 3.82. The van der Waals surface area contributed by atoms with Crippen LogP contribution in [0.5, 0.6) is 0 Å². The molecule has 88 valence electrons. The first-order valence-electron chi connectivity index (χ1n) is 4.80. The third kappa shape index (κ3) is 4.00. The van der Waals surface area contributed by atoms with Crippen LogP contribution in [0.25, 0.3) is 0 Å². The lowest BCUT2D eigenvalue weighted by Crippen LogP contribution is -2.29. The van der Waals surface area contributed by atoms with E-state index in [1.165, 1.54) is 0 Å². The van der Waals surface area contributed by atoms with E-state index in [2.05, 4.69) is 28.2 Å². The summed E-state index contributed by atoms with van der Waals surface area (Å²) in [6.45, 7) is 2.73. The Kier molecular flexibility index (Phi) is 5.66. The van der Waals surface area contributed by atoms with Gasteiger partial charge in [0.1, 0.15) is 0 Å². The Morgan fingerprint density at radius 2 is 2.31 bits per heavy atom. The normalized spacial score (nSPS) is 12.2. The van der Waals surface area contributed by atoms with Crippen LogP contribution < -0.4 is 5.32 Å². The van der Waals surface area contributed by atoms with E-state index in [1.807, 2.05) is 6.26 Å². The molecule has 1 N–H and O–H groups in total. The number of nitrogens with one attached hydrogen (secondary N) is 1. The SMILES string of the molecule is CSC(C)CNC(=O)c1ccc(Br)c(Cl)c1. The van der Waals surface area contributed by atoms with E-state index < -0.39 is 0 Å². The lowest BCUT2D eigenvalue weighted by Gasteiger charge is -2.10. The molecule has 2 nitrogen and oxygen atoms in total. The molecule has 0 radical (unpaired) electrons. The maximum Gasteiger partial charge on any atom is 0.251 e. The van der Waals surface area contributed by atoms with Crippen molar-refractivity contribution in [1.29, 1.82) is 0 Å². The van der Waals surface area contributed by atoms with Crippen molar-refractivity contribution in [2.45, 2.75) is 12.2 Å². The Bertz CT molecular complexity index is 386. The van der Waals surface area contributed by atoms with Gasteiger partial charge in [0.05, 0.1) is 5.02 Å². The molecule has 1 amide bonds. The Morgan fingerprint density at radius 1 is 1.62 bits per heavy atom. The predicted molar refractivity (Wildman–Crippen MR) is 74.5 cm³/mol. The van der Waals surface area contributed by atoms with Crippen LogP contribution in [0.2, 0.25) is 5.02 Å². The molecule has 0 aliphatic heterocycles. The topological polar surface area (TPSA) is 29.1 Å². The van der Waals surface area contributed by atoms with Gasteiger partial charge in [0.15, 0.2) is 0 Å². The number of hydrogen-bond acceptors (Lipinski definition) is 2. The van der Waals surface area contributed by atoms with Crippen LogP contribution >= 0.6 is 39.3 Å². The number of rotatable bonds is 4.